The number of anilines is 2. The first kappa shape index (κ1) is 19.8. The zero-order chi connectivity index (χ0) is 20.5. The number of pyridine rings is 1. The Bertz CT molecular complexity index is 890. The van der Waals surface area contributed by atoms with Crippen LogP contribution in [0.4, 0.5) is 17.2 Å². The summed E-state index contributed by atoms with van der Waals surface area (Å²) in [6.07, 6.45) is 4.06. The number of nitrogens with one attached hydrogen (secondary N) is 1. The Hall–Kier alpha value is -2.96. The number of hydrazone groups is 1. The van der Waals surface area contributed by atoms with Crippen LogP contribution in [0.5, 0.6) is 0 Å². The van der Waals surface area contributed by atoms with Gasteiger partial charge in [0.15, 0.2) is 0 Å². The molecule has 0 saturated carbocycles. The van der Waals surface area contributed by atoms with Gasteiger partial charge in [0.1, 0.15) is 12.0 Å². The fourth-order valence-electron chi connectivity index (χ4n) is 4.26. The van der Waals surface area contributed by atoms with Crippen molar-refractivity contribution in [1.29, 1.82) is 0 Å². The van der Waals surface area contributed by atoms with Gasteiger partial charge >= 0.3 is 0 Å². The van der Waals surface area contributed by atoms with E-state index in [4.69, 9.17) is 0 Å². The average Bonchev–Trinajstić information content (AvgIpc) is 2.61. The molecule has 7 heteroatoms. The largest absolute Gasteiger partial charge is 0.364 e. The molecule has 1 aromatic carbocycles. The number of fused-ring (bicyclic) bond motifs is 1. The summed E-state index contributed by atoms with van der Waals surface area (Å²) in [5.74, 6) is 0.929. The van der Waals surface area contributed by atoms with E-state index in [9.17, 15) is 10.1 Å². The number of nitrogens with zero attached hydrogens (tertiary/aromatic N) is 4. The first-order valence-electron chi connectivity index (χ1n) is 9.52. The summed E-state index contributed by atoms with van der Waals surface area (Å²) in [5.41, 5.74) is 6.53. The highest BCUT2D eigenvalue weighted by molar-refractivity contribution is 5.82. The van der Waals surface area contributed by atoms with Crippen molar-refractivity contribution in [2.24, 2.45) is 5.10 Å². The van der Waals surface area contributed by atoms with Gasteiger partial charge in [-0.05, 0) is 69.4 Å². The third-order valence-corrected chi connectivity index (χ3v) is 5.17. The predicted octanol–water partition coefficient (Wildman–Crippen LogP) is 4.94. The van der Waals surface area contributed by atoms with Gasteiger partial charge in [-0.1, -0.05) is 13.0 Å². The molecule has 0 fully saturated rings. The van der Waals surface area contributed by atoms with Crippen LogP contribution >= 0.6 is 0 Å². The van der Waals surface area contributed by atoms with Gasteiger partial charge in [-0.2, -0.15) is 5.10 Å². The molecule has 0 saturated heterocycles. The third-order valence-electron chi connectivity index (χ3n) is 5.17. The fourth-order valence-corrected chi connectivity index (χ4v) is 4.26. The van der Waals surface area contributed by atoms with Crippen LogP contribution in [0, 0.1) is 10.1 Å². The summed E-state index contributed by atoms with van der Waals surface area (Å²) >= 11 is 0. The van der Waals surface area contributed by atoms with E-state index in [1.165, 1.54) is 29.6 Å². The maximum atomic E-state index is 10.7. The average molecular weight is 381 g/mol. The lowest BCUT2D eigenvalue weighted by Gasteiger charge is -2.50. The summed E-state index contributed by atoms with van der Waals surface area (Å²) in [7, 11) is 0. The molecule has 0 bridgehead atoms. The SMILES string of the molecule is CC(C)N1c2ccc(/C=N\Nc3ccc([N+](=O)[O-])cn3)cc2[C@H](C)CC1(C)C. The number of hydrogen-bond acceptors (Lipinski definition) is 6. The van der Waals surface area contributed by atoms with Gasteiger partial charge in [0.2, 0.25) is 0 Å². The predicted molar refractivity (Wildman–Crippen MR) is 113 cm³/mol. The van der Waals surface area contributed by atoms with Crippen LogP contribution in [0.3, 0.4) is 0 Å². The lowest BCUT2D eigenvalue weighted by molar-refractivity contribution is -0.385. The molecule has 28 heavy (non-hydrogen) atoms. The van der Waals surface area contributed by atoms with Crippen molar-refractivity contribution in [1.82, 2.24) is 4.98 Å². The van der Waals surface area contributed by atoms with Gasteiger partial charge in [-0.15, -0.1) is 0 Å². The van der Waals surface area contributed by atoms with Crippen LogP contribution in [-0.2, 0) is 0 Å². The zero-order valence-electron chi connectivity index (χ0n) is 17.0. The van der Waals surface area contributed by atoms with E-state index in [-0.39, 0.29) is 11.2 Å². The smallest absolute Gasteiger partial charge is 0.287 e. The molecule has 1 N–H and O–H groups in total. The minimum atomic E-state index is -0.476. The Kier molecular flexibility index (Phi) is 5.36. The van der Waals surface area contributed by atoms with Crippen LogP contribution in [0.2, 0.25) is 0 Å². The van der Waals surface area contributed by atoms with E-state index in [1.807, 2.05) is 0 Å². The molecule has 3 rings (SSSR count). The zero-order valence-corrected chi connectivity index (χ0v) is 17.0. The van der Waals surface area contributed by atoms with Gasteiger partial charge in [0, 0.05) is 23.3 Å². The Morgan fingerprint density at radius 3 is 2.71 bits per heavy atom. The molecule has 0 unspecified atom stereocenters. The number of rotatable bonds is 5. The Labute approximate surface area is 165 Å². The summed E-state index contributed by atoms with van der Waals surface area (Å²) in [6, 6.07) is 9.80. The molecule has 1 atom stereocenters. The van der Waals surface area contributed by atoms with E-state index in [2.05, 4.69) is 73.2 Å². The molecule has 148 valence electrons. The monoisotopic (exact) mass is 381 g/mol. The Morgan fingerprint density at radius 1 is 1.36 bits per heavy atom. The number of hydrogen-bond donors (Lipinski definition) is 1. The molecule has 0 aliphatic carbocycles. The minimum absolute atomic E-state index is 0.0455. The van der Waals surface area contributed by atoms with Crippen molar-refractivity contribution in [3.63, 3.8) is 0 Å². The topological polar surface area (TPSA) is 83.7 Å². The standard InChI is InChI=1S/C21H27N5O2/c1-14(2)25-19-8-6-16(10-18(19)15(3)11-21(25,4)5)12-23-24-20-9-7-17(13-22-20)26(27)28/h6-10,12-15H,11H2,1-5H3,(H,22,24)/b23-12-/t15-/m1/s1. The van der Waals surface area contributed by atoms with Crippen molar-refractivity contribution in [2.75, 3.05) is 10.3 Å². The number of nitro groups is 1. The molecule has 1 aromatic heterocycles. The lowest BCUT2D eigenvalue weighted by atomic mass is 9.79. The highest BCUT2D eigenvalue weighted by Gasteiger charge is 2.37. The lowest BCUT2D eigenvalue weighted by Crippen LogP contribution is -2.51. The first-order chi connectivity index (χ1) is 13.2. The molecule has 1 aliphatic rings. The molecule has 1 aliphatic heterocycles. The maximum Gasteiger partial charge on any atom is 0.287 e. The molecule has 0 spiro atoms. The van der Waals surface area contributed by atoms with Crippen LogP contribution in [0.25, 0.3) is 0 Å². The third kappa shape index (κ3) is 3.98. The van der Waals surface area contributed by atoms with Gasteiger partial charge in [-0.25, -0.2) is 4.98 Å². The first-order valence-corrected chi connectivity index (χ1v) is 9.52. The molecular formula is C21H27N5O2. The van der Waals surface area contributed by atoms with Gasteiger partial charge in [0.05, 0.1) is 11.1 Å². The van der Waals surface area contributed by atoms with Gasteiger partial charge < -0.3 is 4.90 Å². The van der Waals surface area contributed by atoms with E-state index >= 15 is 0 Å². The van der Waals surface area contributed by atoms with Crippen LogP contribution in [-0.4, -0.2) is 27.7 Å². The second kappa shape index (κ2) is 7.58. The van der Waals surface area contributed by atoms with Gasteiger partial charge in [0.25, 0.3) is 5.69 Å². The molecule has 0 radical (unpaired) electrons. The summed E-state index contributed by atoms with van der Waals surface area (Å²) in [5, 5.41) is 14.9. The Balaban J connectivity index is 1.79. The molecular weight excluding hydrogens is 354 g/mol. The molecule has 7 nitrogen and oxygen atoms in total. The number of benzene rings is 1. The van der Waals surface area contributed by atoms with Crippen molar-refractivity contribution >= 4 is 23.4 Å². The van der Waals surface area contributed by atoms with Gasteiger partial charge in [-0.3, -0.25) is 15.5 Å². The van der Waals surface area contributed by atoms with Crippen molar-refractivity contribution in [2.45, 2.75) is 58.5 Å². The quantitative estimate of drug-likeness (QED) is 0.451. The summed E-state index contributed by atoms with van der Waals surface area (Å²) < 4.78 is 0. The molecule has 0 amide bonds. The Morgan fingerprint density at radius 2 is 2.11 bits per heavy atom. The normalized spacial score (nSPS) is 18.4. The van der Waals surface area contributed by atoms with Crippen LogP contribution in [0.1, 0.15) is 58.1 Å². The fraction of sp³-hybridized carbons (Fsp3) is 0.429. The summed E-state index contributed by atoms with van der Waals surface area (Å²) in [6.45, 7) is 11.4. The van der Waals surface area contributed by atoms with Crippen LogP contribution in [0.15, 0.2) is 41.6 Å². The number of aromatic nitrogens is 1. The van der Waals surface area contributed by atoms with Crippen molar-refractivity contribution < 1.29 is 4.92 Å². The van der Waals surface area contributed by atoms with Crippen LogP contribution < -0.4 is 10.3 Å². The second-order valence-electron chi connectivity index (χ2n) is 8.23. The van der Waals surface area contributed by atoms with E-state index in [1.54, 1.807) is 6.21 Å². The highest BCUT2D eigenvalue weighted by atomic mass is 16.6. The maximum absolute atomic E-state index is 10.7. The summed E-state index contributed by atoms with van der Waals surface area (Å²) in [4.78, 5) is 16.7. The van der Waals surface area contributed by atoms with E-state index in [0.717, 1.165) is 12.0 Å². The molecule has 2 aromatic rings. The molecule has 2 heterocycles. The second-order valence-corrected chi connectivity index (χ2v) is 8.23. The minimum Gasteiger partial charge on any atom is -0.364 e. The highest BCUT2D eigenvalue weighted by Crippen LogP contribution is 2.44. The van der Waals surface area contributed by atoms with E-state index < -0.39 is 4.92 Å². The van der Waals surface area contributed by atoms with Crippen molar-refractivity contribution in [3.05, 3.63) is 57.8 Å². The van der Waals surface area contributed by atoms with Crippen molar-refractivity contribution in [3.8, 4) is 0 Å². The van der Waals surface area contributed by atoms with E-state index in [0.29, 0.717) is 17.8 Å².